The number of carboxylic acid groups (broad SMARTS) is 1. The van der Waals surface area contributed by atoms with Crippen LogP contribution in [0.1, 0.15) is 26.3 Å². The molecule has 0 unspecified atom stereocenters. The van der Waals surface area contributed by atoms with Gasteiger partial charge in [-0.15, -0.1) is 0 Å². The Kier molecular flexibility index (Phi) is 3.24. The minimum Gasteiger partial charge on any atom is -0.477 e. The maximum atomic E-state index is 10.2. The van der Waals surface area contributed by atoms with Crippen LogP contribution in [-0.2, 0) is 10.2 Å². The average Bonchev–Trinajstić information content (AvgIpc) is 2.14. The van der Waals surface area contributed by atoms with Gasteiger partial charge in [0.05, 0.1) is 5.69 Å². The number of rotatable bonds is 2. The van der Waals surface area contributed by atoms with E-state index in [4.69, 9.17) is 5.11 Å². The number of hydrogen-bond acceptors (Lipinski definition) is 2. The lowest BCUT2D eigenvalue weighted by Gasteiger charge is -2.18. The molecule has 0 aromatic heterocycles. The average molecular weight is 205 g/mol. The van der Waals surface area contributed by atoms with Gasteiger partial charge in [0.1, 0.15) is 6.21 Å². The number of hydrogen-bond donors (Lipinski definition) is 1. The molecule has 1 rings (SSSR count). The van der Waals surface area contributed by atoms with Gasteiger partial charge in [0.25, 0.3) is 0 Å². The Morgan fingerprint density at radius 2 is 1.80 bits per heavy atom. The van der Waals surface area contributed by atoms with Gasteiger partial charge >= 0.3 is 5.97 Å². The van der Waals surface area contributed by atoms with Gasteiger partial charge in [0.15, 0.2) is 0 Å². The molecule has 0 radical (unpaired) electrons. The lowest BCUT2D eigenvalue weighted by Crippen LogP contribution is -2.10. The third kappa shape index (κ3) is 3.54. The SMILES string of the molecule is CC(C)(C)c1ccc(N=CC(=O)O)cc1. The summed E-state index contributed by atoms with van der Waals surface area (Å²) in [6.07, 6.45) is 0.895. The summed E-state index contributed by atoms with van der Waals surface area (Å²) in [5, 5.41) is 8.41. The third-order valence-electron chi connectivity index (χ3n) is 2.06. The van der Waals surface area contributed by atoms with Crippen LogP contribution in [0.3, 0.4) is 0 Å². The number of nitrogens with zero attached hydrogens (tertiary/aromatic N) is 1. The molecule has 0 aliphatic carbocycles. The Morgan fingerprint density at radius 1 is 1.27 bits per heavy atom. The summed E-state index contributed by atoms with van der Waals surface area (Å²) < 4.78 is 0. The molecule has 0 amide bonds. The minimum absolute atomic E-state index is 0.106. The Hall–Kier alpha value is -1.64. The fourth-order valence-corrected chi connectivity index (χ4v) is 1.18. The van der Waals surface area contributed by atoms with E-state index in [0.29, 0.717) is 5.69 Å². The highest BCUT2D eigenvalue weighted by Crippen LogP contribution is 2.24. The number of carboxylic acids is 1. The normalized spacial score (nSPS) is 11.9. The second-order valence-corrected chi connectivity index (χ2v) is 4.39. The summed E-state index contributed by atoms with van der Waals surface area (Å²) in [6.45, 7) is 6.38. The van der Waals surface area contributed by atoms with Crippen molar-refractivity contribution >= 4 is 17.9 Å². The minimum atomic E-state index is -1.03. The molecule has 0 aliphatic rings. The molecule has 0 atom stereocenters. The first kappa shape index (κ1) is 11.4. The zero-order valence-corrected chi connectivity index (χ0v) is 9.19. The molecule has 1 aromatic carbocycles. The van der Waals surface area contributed by atoms with Crippen molar-refractivity contribution in [3.05, 3.63) is 29.8 Å². The van der Waals surface area contributed by atoms with Gasteiger partial charge in [-0.25, -0.2) is 9.79 Å². The van der Waals surface area contributed by atoms with Crippen LogP contribution in [0, 0.1) is 0 Å². The molecule has 3 heteroatoms. The van der Waals surface area contributed by atoms with E-state index in [2.05, 4.69) is 25.8 Å². The molecule has 0 saturated carbocycles. The maximum Gasteiger partial charge on any atom is 0.346 e. The molecule has 0 fully saturated rings. The van der Waals surface area contributed by atoms with E-state index in [1.54, 1.807) is 0 Å². The van der Waals surface area contributed by atoms with E-state index in [0.717, 1.165) is 6.21 Å². The van der Waals surface area contributed by atoms with Crippen molar-refractivity contribution in [3.63, 3.8) is 0 Å². The lowest BCUT2D eigenvalue weighted by molar-refractivity contribution is -0.128. The van der Waals surface area contributed by atoms with Gasteiger partial charge in [-0.3, -0.25) is 0 Å². The van der Waals surface area contributed by atoms with Crippen LogP contribution < -0.4 is 0 Å². The zero-order valence-electron chi connectivity index (χ0n) is 9.19. The number of aliphatic carboxylic acids is 1. The highest BCUT2D eigenvalue weighted by Gasteiger charge is 2.12. The molecular formula is C12H15NO2. The van der Waals surface area contributed by atoms with E-state index in [1.807, 2.05) is 24.3 Å². The molecular weight excluding hydrogens is 190 g/mol. The second-order valence-electron chi connectivity index (χ2n) is 4.39. The van der Waals surface area contributed by atoms with E-state index in [-0.39, 0.29) is 5.41 Å². The van der Waals surface area contributed by atoms with Gasteiger partial charge in [0.2, 0.25) is 0 Å². The Balaban J connectivity index is 2.86. The van der Waals surface area contributed by atoms with Crippen LogP contribution in [0.4, 0.5) is 5.69 Å². The van der Waals surface area contributed by atoms with E-state index in [9.17, 15) is 4.79 Å². The fourth-order valence-electron chi connectivity index (χ4n) is 1.18. The summed E-state index contributed by atoms with van der Waals surface area (Å²) in [6, 6.07) is 7.57. The summed E-state index contributed by atoms with van der Waals surface area (Å²) in [5.41, 5.74) is 1.97. The molecule has 3 nitrogen and oxygen atoms in total. The smallest absolute Gasteiger partial charge is 0.346 e. The topological polar surface area (TPSA) is 49.7 Å². The van der Waals surface area contributed by atoms with Gasteiger partial charge < -0.3 is 5.11 Å². The molecule has 0 bridgehead atoms. The molecule has 80 valence electrons. The molecule has 0 saturated heterocycles. The van der Waals surface area contributed by atoms with Crippen molar-refractivity contribution in [3.8, 4) is 0 Å². The highest BCUT2D eigenvalue weighted by atomic mass is 16.4. The quantitative estimate of drug-likeness (QED) is 0.755. The van der Waals surface area contributed by atoms with Crippen LogP contribution in [0.2, 0.25) is 0 Å². The van der Waals surface area contributed by atoms with Gasteiger partial charge in [-0.1, -0.05) is 32.9 Å². The van der Waals surface area contributed by atoms with Gasteiger partial charge in [-0.05, 0) is 23.1 Å². The number of benzene rings is 1. The molecule has 1 N–H and O–H groups in total. The maximum absolute atomic E-state index is 10.2. The van der Waals surface area contributed by atoms with Crippen LogP contribution in [0.5, 0.6) is 0 Å². The Labute approximate surface area is 89.5 Å². The first-order chi connectivity index (χ1) is 6.89. The molecule has 0 aliphatic heterocycles. The summed E-state index contributed by atoms with van der Waals surface area (Å²) in [5.74, 6) is -1.03. The van der Waals surface area contributed by atoms with Gasteiger partial charge in [0, 0.05) is 0 Å². The van der Waals surface area contributed by atoms with Crippen molar-refractivity contribution in [2.45, 2.75) is 26.2 Å². The monoisotopic (exact) mass is 205 g/mol. The first-order valence-electron chi connectivity index (χ1n) is 4.77. The highest BCUT2D eigenvalue weighted by molar-refractivity contribution is 6.22. The van der Waals surface area contributed by atoms with Crippen LogP contribution in [0.25, 0.3) is 0 Å². The van der Waals surface area contributed by atoms with Crippen molar-refractivity contribution in [1.29, 1.82) is 0 Å². The van der Waals surface area contributed by atoms with Crippen LogP contribution >= 0.6 is 0 Å². The summed E-state index contributed by atoms with van der Waals surface area (Å²) in [7, 11) is 0. The third-order valence-corrected chi connectivity index (χ3v) is 2.06. The molecule has 1 aromatic rings. The van der Waals surface area contributed by atoms with Crippen molar-refractivity contribution in [2.75, 3.05) is 0 Å². The lowest BCUT2D eigenvalue weighted by atomic mass is 9.87. The van der Waals surface area contributed by atoms with E-state index < -0.39 is 5.97 Å². The van der Waals surface area contributed by atoms with Crippen molar-refractivity contribution in [2.24, 2.45) is 4.99 Å². The molecule has 0 spiro atoms. The predicted molar refractivity (Wildman–Crippen MR) is 60.9 cm³/mol. The van der Waals surface area contributed by atoms with E-state index in [1.165, 1.54) is 5.56 Å². The standard InChI is InChI=1S/C12H15NO2/c1-12(2,3)9-4-6-10(7-5-9)13-8-11(14)15/h4-8H,1-3H3,(H,14,15). The van der Waals surface area contributed by atoms with Crippen molar-refractivity contribution in [1.82, 2.24) is 0 Å². The zero-order chi connectivity index (χ0) is 11.5. The predicted octanol–water partition coefficient (Wildman–Crippen LogP) is 2.77. The van der Waals surface area contributed by atoms with Crippen LogP contribution in [0.15, 0.2) is 29.3 Å². The number of aliphatic imine (C=N–C) groups is 1. The van der Waals surface area contributed by atoms with E-state index >= 15 is 0 Å². The summed E-state index contributed by atoms with van der Waals surface area (Å²) >= 11 is 0. The Morgan fingerprint density at radius 3 is 2.20 bits per heavy atom. The largest absolute Gasteiger partial charge is 0.477 e. The van der Waals surface area contributed by atoms with Gasteiger partial charge in [-0.2, -0.15) is 0 Å². The Bertz CT molecular complexity index is 372. The number of carbonyl (C=O) groups is 1. The molecule has 15 heavy (non-hydrogen) atoms. The first-order valence-corrected chi connectivity index (χ1v) is 4.77. The fraction of sp³-hybridized carbons (Fsp3) is 0.333. The second kappa shape index (κ2) is 4.26. The summed E-state index contributed by atoms with van der Waals surface area (Å²) in [4.78, 5) is 14.1. The van der Waals surface area contributed by atoms with Crippen LogP contribution in [-0.4, -0.2) is 17.3 Å². The van der Waals surface area contributed by atoms with Crippen molar-refractivity contribution < 1.29 is 9.90 Å². The molecule has 0 heterocycles.